The molecule has 0 aromatic carbocycles. The highest BCUT2D eigenvalue weighted by molar-refractivity contribution is 5.76. The van der Waals surface area contributed by atoms with E-state index in [4.69, 9.17) is 0 Å². The quantitative estimate of drug-likeness (QED) is 0.302. The van der Waals surface area contributed by atoms with Crippen LogP contribution in [0.15, 0.2) is 12.2 Å². The Morgan fingerprint density at radius 3 is 2.26 bits per heavy atom. The van der Waals surface area contributed by atoms with Crippen molar-refractivity contribution in [1.82, 2.24) is 4.90 Å². The van der Waals surface area contributed by atoms with Crippen molar-refractivity contribution in [1.29, 1.82) is 0 Å². The van der Waals surface area contributed by atoms with Crippen molar-refractivity contribution in [2.24, 2.45) is 0 Å². The van der Waals surface area contributed by atoms with E-state index >= 15 is 0 Å². The first kappa shape index (κ1) is 22.1. The molecule has 0 heterocycles. The molecule has 0 aliphatic heterocycles. The van der Waals surface area contributed by atoms with Crippen molar-refractivity contribution in [2.75, 3.05) is 45.9 Å². The summed E-state index contributed by atoms with van der Waals surface area (Å²) < 4.78 is 0.891. The summed E-state index contributed by atoms with van der Waals surface area (Å²) in [6.45, 7) is 14.1. The van der Waals surface area contributed by atoms with Crippen LogP contribution in [0.1, 0.15) is 59.8 Å². The highest BCUT2D eigenvalue weighted by atomic mass is 16.3. The van der Waals surface area contributed by atoms with E-state index in [1.807, 2.05) is 4.90 Å². The van der Waals surface area contributed by atoms with Crippen LogP contribution in [-0.2, 0) is 4.79 Å². The average Bonchev–Trinajstić information content (AvgIpc) is 2.57. The van der Waals surface area contributed by atoms with Gasteiger partial charge in [0.25, 0.3) is 0 Å². The van der Waals surface area contributed by atoms with Crippen molar-refractivity contribution in [3.05, 3.63) is 12.2 Å². The minimum Gasteiger partial charge on any atom is -0.391 e. The summed E-state index contributed by atoms with van der Waals surface area (Å²) in [6, 6.07) is 0. The third-order valence-corrected chi connectivity index (χ3v) is 4.91. The predicted octanol–water partition coefficient (Wildman–Crippen LogP) is 3.21. The molecule has 0 aliphatic carbocycles. The van der Waals surface area contributed by atoms with Crippen LogP contribution in [-0.4, -0.2) is 66.3 Å². The molecule has 0 saturated heterocycles. The fourth-order valence-corrected chi connectivity index (χ4v) is 2.95. The lowest BCUT2D eigenvalue weighted by molar-refractivity contribution is -0.924. The first-order chi connectivity index (χ1) is 11.1. The number of amides is 1. The molecule has 0 saturated carbocycles. The zero-order chi connectivity index (χ0) is 17.6. The summed E-state index contributed by atoms with van der Waals surface area (Å²) in [7, 11) is 0. The molecule has 4 nitrogen and oxygen atoms in total. The molecule has 0 bridgehead atoms. The summed E-state index contributed by atoms with van der Waals surface area (Å²) in [5, 5.41) is 9.30. The highest BCUT2D eigenvalue weighted by Gasteiger charge is 2.24. The molecular formula is C19H39N2O2+. The number of allylic oxidation sites excluding steroid dienone is 2. The summed E-state index contributed by atoms with van der Waals surface area (Å²) >= 11 is 0. The van der Waals surface area contributed by atoms with Gasteiger partial charge in [-0.05, 0) is 46.5 Å². The molecular weight excluding hydrogens is 288 g/mol. The molecule has 23 heavy (non-hydrogen) atoms. The Morgan fingerprint density at radius 2 is 1.74 bits per heavy atom. The van der Waals surface area contributed by atoms with Crippen LogP contribution in [0.5, 0.6) is 0 Å². The Hall–Kier alpha value is -0.870. The molecule has 0 aromatic heterocycles. The number of aliphatic hydroxyl groups is 1. The molecule has 136 valence electrons. The van der Waals surface area contributed by atoms with Crippen molar-refractivity contribution in [2.45, 2.75) is 59.8 Å². The number of carbonyl (C=O) groups is 1. The standard InChI is InChI=1S/C19H39N2O2/c1-5-9-10-11-12-13-14-19(23)20(6-2)15-16-21(7-3,8-4)17-18-22/h9-10,22H,5-8,11-18H2,1-4H3/q+1/b10-9+. The lowest BCUT2D eigenvalue weighted by Crippen LogP contribution is -2.53. The van der Waals surface area contributed by atoms with Gasteiger partial charge in [-0.2, -0.15) is 0 Å². The van der Waals surface area contributed by atoms with Crippen LogP contribution >= 0.6 is 0 Å². The Kier molecular flexibility index (Phi) is 13.0. The molecule has 1 amide bonds. The fraction of sp³-hybridized carbons (Fsp3) is 0.842. The predicted molar refractivity (Wildman–Crippen MR) is 98.3 cm³/mol. The number of rotatable bonds is 14. The van der Waals surface area contributed by atoms with Crippen molar-refractivity contribution in [3.63, 3.8) is 0 Å². The third-order valence-electron chi connectivity index (χ3n) is 4.91. The number of aliphatic hydroxyl groups excluding tert-OH is 1. The van der Waals surface area contributed by atoms with Crippen LogP contribution in [0, 0.1) is 0 Å². The van der Waals surface area contributed by atoms with Gasteiger partial charge in [0.2, 0.25) is 5.91 Å². The summed E-state index contributed by atoms with van der Waals surface area (Å²) in [4.78, 5) is 14.3. The second kappa shape index (κ2) is 13.6. The maximum Gasteiger partial charge on any atom is 0.222 e. The minimum atomic E-state index is 0.215. The summed E-state index contributed by atoms with van der Waals surface area (Å²) in [6.07, 6.45) is 9.29. The molecule has 0 rings (SSSR count). The third kappa shape index (κ3) is 9.11. The normalized spacial score (nSPS) is 12.0. The van der Waals surface area contributed by atoms with Crippen LogP contribution < -0.4 is 0 Å². The van der Waals surface area contributed by atoms with Gasteiger partial charge in [-0.15, -0.1) is 0 Å². The monoisotopic (exact) mass is 327 g/mol. The molecule has 0 fully saturated rings. The highest BCUT2D eigenvalue weighted by Crippen LogP contribution is 2.09. The number of likely N-dealkylation sites (N-methyl/N-ethyl adjacent to an activating group) is 2. The zero-order valence-electron chi connectivity index (χ0n) is 15.9. The van der Waals surface area contributed by atoms with E-state index in [2.05, 4.69) is 39.8 Å². The maximum absolute atomic E-state index is 12.4. The van der Waals surface area contributed by atoms with Gasteiger partial charge in [-0.3, -0.25) is 4.79 Å². The number of quaternary nitrogens is 1. The molecule has 0 radical (unpaired) electrons. The Morgan fingerprint density at radius 1 is 1.04 bits per heavy atom. The number of unbranched alkanes of at least 4 members (excludes halogenated alkanes) is 2. The van der Waals surface area contributed by atoms with E-state index in [1.54, 1.807) is 0 Å². The molecule has 0 spiro atoms. The van der Waals surface area contributed by atoms with Gasteiger partial charge >= 0.3 is 0 Å². The number of nitrogens with zero attached hydrogens (tertiary/aromatic N) is 2. The first-order valence-electron chi connectivity index (χ1n) is 9.47. The topological polar surface area (TPSA) is 40.5 Å². The maximum atomic E-state index is 12.4. The largest absolute Gasteiger partial charge is 0.391 e. The van der Waals surface area contributed by atoms with E-state index in [0.29, 0.717) is 6.42 Å². The molecule has 0 aromatic rings. The van der Waals surface area contributed by atoms with Crippen LogP contribution in [0.2, 0.25) is 0 Å². The Balaban J connectivity index is 4.25. The summed E-state index contributed by atoms with van der Waals surface area (Å²) in [5.74, 6) is 0.279. The average molecular weight is 328 g/mol. The first-order valence-corrected chi connectivity index (χ1v) is 9.47. The van der Waals surface area contributed by atoms with Gasteiger partial charge < -0.3 is 14.5 Å². The molecule has 0 unspecified atom stereocenters. The number of hydrogen-bond donors (Lipinski definition) is 1. The van der Waals surface area contributed by atoms with Gasteiger partial charge in [0.1, 0.15) is 6.54 Å². The Labute approximate surface area is 143 Å². The minimum absolute atomic E-state index is 0.215. The van der Waals surface area contributed by atoms with E-state index in [-0.39, 0.29) is 12.5 Å². The number of hydrogen-bond acceptors (Lipinski definition) is 2. The number of carbonyl (C=O) groups excluding carboxylic acids is 1. The van der Waals surface area contributed by atoms with E-state index in [9.17, 15) is 9.90 Å². The van der Waals surface area contributed by atoms with E-state index in [1.165, 1.54) is 0 Å². The second-order valence-corrected chi connectivity index (χ2v) is 6.24. The molecule has 4 heteroatoms. The molecule has 0 atom stereocenters. The zero-order valence-corrected chi connectivity index (χ0v) is 15.9. The van der Waals surface area contributed by atoms with Gasteiger partial charge in [-0.25, -0.2) is 0 Å². The second-order valence-electron chi connectivity index (χ2n) is 6.24. The van der Waals surface area contributed by atoms with Gasteiger partial charge in [0.15, 0.2) is 0 Å². The lowest BCUT2D eigenvalue weighted by atomic mass is 10.1. The Bertz CT molecular complexity index is 325. The summed E-state index contributed by atoms with van der Waals surface area (Å²) in [5.41, 5.74) is 0. The smallest absolute Gasteiger partial charge is 0.222 e. The van der Waals surface area contributed by atoms with Crippen molar-refractivity contribution >= 4 is 5.91 Å². The van der Waals surface area contributed by atoms with Crippen LogP contribution in [0.3, 0.4) is 0 Å². The van der Waals surface area contributed by atoms with Gasteiger partial charge in [0.05, 0.1) is 32.8 Å². The SMILES string of the molecule is CC/C=C/CCCCC(=O)N(CC)CC[N+](CC)(CC)CCO. The van der Waals surface area contributed by atoms with Gasteiger partial charge in [-0.1, -0.05) is 19.1 Å². The van der Waals surface area contributed by atoms with Crippen LogP contribution in [0.4, 0.5) is 0 Å². The van der Waals surface area contributed by atoms with Crippen molar-refractivity contribution in [3.8, 4) is 0 Å². The molecule has 1 N–H and O–H groups in total. The van der Waals surface area contributed by atoms with E-state index in [0.717, 1.165) is 69.4 Å². The van der Waals surface area contributed by atoms with Crippen LogP contribution in [0.25, 0.3) is 0 Å². The molecule has 0 aliphatic rings. The van der Waals surface area contributed by atoms with E-state index < -0.39 is 0 Å². The fourth-order valence-electron chi connectivity index (χ4n) is 2.95. The lowest BCUT2D eigenvalue weighted by Gasteiger charge is -2.38. The van der Waals surface area contributed by atoms with Crippen molar-refractivity contribution < 1.29 is 14.4 Å². The van der Waals surface area contributed by atoms with Gasteiger partial charge in [0, 0.05) is 13.0 Å².